The van der Waals surface area contributed by atoms with Gasteiger partial charge in [0.25, 0.3) is 0 Å². The second kappa shape index (κ2) is 4.76. The molecule has 0 saturated heterocycles. The second-order valence-corrected chi connectivity index (χ2v) is 6.80. The van der Waals surface area contributed by atoms with Gasteiger partial charge in [-0.3, -0.25) is 0 Å². The highest BCUT2D eigenvalue weighted by Crippen LogP contribution is 2.26. The number of aromatic amines is 1. The first-order valence-electron chi connectivity index (χ1n) is 6.10. The van der Waals surface area contributed by atoms with Gasteiger partial charge >= 0.3 is 0 Å². The number of nitrogens with one attached hydrogen (secondary N) is 1. The van der Waals surface area contributed by atoms with Gasteiger partial charge in [-0.05, 0) is 30.3 Å². The number of nitrogens with zero attached hydrogens (tertiary/aromatic N) is 1. The van der Waals surface area contributed by atoms with Crippen molar-refractivity contribution < 1.29 is 8.60 Å². The van der Waals surface area contributed by atoms with E-state index in [0.29, 0.717) is 10.6 Å². The summed E-state index contributed by atoms with van der Waals surface area (Å²) in [6.07, 6.45) is 3.31. The first-order valence-corrected chi connectivity index (χ1v) is 8.02. The molecule has 0 amide bonds. The number of hydrogen-bond acceptors (Lipinski definition) is 2. The lowest BCUT2D eigenvalue weighted by Gasteiger charge is -2.03. The molecular weight excluding hydrogens is 275 g/mol. The first-order chi connectivity index (χ1) is 9.56. The van der Waals surface area contributed by atoms with Crippen LogP contribution in [0.25, 0.3) is 10.9 Å². The molecule has 0 aliphatic heterocycles. The molecule has 0 spiro atoms. The molecule has 1 heterocycles. The van der Waals surface area contributed by atoms with Crippen molar-refractivity contribution in [3.63, 3.8) is 0 Å². The van der Waals surface area contributed by atoms with Gasteiger partial charge in [0.05, 0.1) is 20.3 Å². The van der Waals surface area contributed by atoms with Crippen LogP contribution in [0.3, 0.4) is 0 Å². The summed E-state index contributed by atoms with van der Waals surface area (Å²) >= 11 is 0. The van der Waals surface area contributed by atoms with Crippen LogP contribution in [0.5, 0.6) is 0 Å². The van der Waals surface area contributed by atoms with E-state index in [9.17, 15) is 8.60 Å². The Kier molecular flexibility index (Phi) is 3.06. The third-order valence-corrected chi connectivity index (χ3v) is 4.78. The standard InChI is InChI=1S/C15H13FN2OS/c1-20(19,18-12-8-6-11(16)7-9-12)15-10-17-14-5-3-2-4-13(14)15/h2-10,17H,1H3. The number of H-pyrrole nitrogens is 1. The van der Waals surface area contributed by atoms with E-state index in [4.69, 9.17) is 0 Å². The van der Waals surface area contributed by atoms with Crippen LogP contribution >= 0.6 is 0 Å². The molecule has 0 aliphatic rings. The number of rotatable bonds is 2. The number of para-hydroxylation sites is 1. The van der Waals surface area contributed by atoms with E-state index in [2.05, 4.69) is 9.35 Å². The maximum Gasteiger partial charge on any atom is 0.123 e. The molecule has 1 unspecified atom stereocenters. The van der Waals surface area contributed by atoms with Crippen molar-refractivity contribution in [1.29, 1.82) is 0 Å². The van der Waals surface area contributed by atoms with Crippen LogP contribution in [0.15, 0.2) is 64.0 Å². The molecule has 3 nitrogen and oxygen atoms in total. The van der Waals surface area contributed by atoms with Crippen molar-refractivity contribution in [3.05, 3.63) is 60.5 Å². The maximum atomic E-state index is 12.9. The summed E-state index contributed by atoms with van der Waals surface area (Å²) < 4.78 is 30.0. The van der Waals surface area contributed by atoms with Crippen LogP contribution < -0.4 is 0 Å². The zero-order chi connectivity index (χ0) is 14.2. The molecule has 1 atom stereocenters. The average molecular weight is 288 g/mol. The van der Waals surface area contributed by atoms with E-state index in [0.717, 1.165) is 10.9 Å². The molecule has 0 bridgehead atoms. The van der Waals surface area contributed by atoms with Gasteiger partial charge in [0.15, 0.2) is 0 Å². The molecule has 5 heteroatoms. The van der Waals surface area contributed by atoms with E-state index in [-0.39, 0.29) is 5.82 Å². The highest BCUT2D eigenvalue weighted by atomic mass is 32.2. The molecule has 1 aromatic heterocycles. The molecule has 102 valence electrons. The fourth-order valence-corrected chi connectivity index (χ4v) is 3.60. The van der Waals surface area contributed by atoms with Crippen LogP contribution in [0.4, 0.5) is 10.1 Å². The Hall–Kier alpha value is -2.14. The molecule has 20 heavy (non-hydrogen) atoms. The van der Waals surface area contributed by atoms with Gasteiger partial charge in [-0.1, -0.05) is 18.2 Å². The van der Waals surface area contributed by atoms with E-state index < -0.39 is 9.73 Å². The Bertz CT molecular complexity index is 874. The predicted octanol–water partition coefficient (Wildman–Crippen LogP) is 4.10. The van der Waals surface area contributed by atoms with Crippen molar-refractivity contribution in [3.8, 4) is 0 Å². The van der Waals surface area contributed by atoms with E-state index in [1.54, 1.807) is 12.5 Å². The number of hydrogen-bond donors (Lipinski definition) is 1. The largest absolute Gasteiger partial charge is 0.360 e. The van der Waals surface area contributed by atoms with Crippen molar-refractivity contribution in [2.45, 2.75) is 4.90 Å². The third-order valence-electron chi connectivity index (χ3n) is 3.07. The summed E-state index contributed by atoms with van der Waals surface area (Å²) in [5.74, 6) is -0.335. The SMILES string of the molecule is CS(=O)(=Nc1ccc(F)cc1)c1c[nH]c2ccccc12. The average Bonchev–Trinajstić information content (AvgIpc) is 2.86. The summed E-state index contributed by atoms with van der Waals surface area (Å²) in [6, 6.07) is 13.3. The van der Waals surface area contributed by atoms with Crippen molar-refractivity contribution in [2.75, 3.05) is 6.26 Å². The van der Waals surface area contributed by atoms with Crippen LogP contribution in [-0.4, -0.2) is 15.4 Å². The van der Waals surface area contributed by atoms with Gasteiger partial charge < -0.3 is 4.98 Å². The van der Waals surface area contributed by atoms with Gasteiger partial charge in [-0.15, -0.1) is 0 Å². The third kappa shape index (κ3) is 2.32. The normalized spacial score (nSPS) is 14.1. The Morgan fingerprint density at radius 1 is 1.10 bits per heavy atom. The molecule has 0 radical (unpaired) electrons. The fourth-order valence-electron chi connectivity index (χ4n) is 2.11. The Balaban J connectivity index is 2.16. The minimum atomic E-state index is -2.59. The Labute approximate surface area is 116 Å². The van der Waals surface area contributed by atoms with Crippen LogP contribution in [-0.2, 0) is 9.73 Å². The van der Waals surface area contributed by atoms with Gasteiger partial charge in [0.2, 0.25) is 0 Å². The highest BCUT2D eigenvalue weighted by molar-refractivity contribution is 7.93. The molecule has 2 aromatic carbocycles. The lowest BCUT2D eigenvalue weighted by atomic mass is 10.2. The van der Waals surface area contributed by atoms with E-state index in [1.807, 2.05) is 24.3 Å². The zero-order valence-electron chi connectivity index (χ0n) is 10.8. The predicted molar refractivity (Wildman–Crippen MR) is 79.1 cm³/mol. The molecule has 0 saturated carbocycles. The summed E-state index contributed by atoms with van der Waals surface area (Å²) in [6.45, 7) is 0. The molecule has 3 rings (SSSR count). The molecule has 3 aromatic rings. The molecule has 1 N–H and O–H groups in total. The van der Waals surface area contributed by atoms with Crippen molar-refractivity contribution in [1.82, 2.24) is 4.98 Å². The lowest BCUT2D eigenvalue weighted by Crippen LogP contribution is -1.95. The Morgan fingerprint density at radius 2 is 1.80 bits per heavy atom. The Morgan fingerprint density at radius 3 is 2.55 bits per heavy atom. The molecule has 0 aliphatic carbocycles. The quantitative estimate of drug-likeness (QED) is 0.758. The van der Waals surface area contributed by atoms with Crippen LogP contribution in [0.2, 0.25) is 0 Å². The van der Waals surface area contributed by atoms with Crippen molar-refractivity contribution >= 4 is 26.3 Å². The highest BCUT2D eigenvalue weighted by Gasteiger charge is 2.12. The second-order valence-electron chi connectivity index (χ2n) is 4.57. The smallest absolute Gasteiger partial charge is 0.123 e. The zero-order valence-corrected chi connectivity index (χ0v) is 11.7. The van der Waals surface area contributed by atoms with Gasteiger partial charge in [-0.2, -0.15) is 4.36 Å². The summed E-state index contributed by atoms with van der Waals surface area (Å²) in [4.78, 5) is 3.75. The lowest BCUT2D eigenvalue weighted by molar-refractivity contribution is 0.628. The number of benzene rings is 2. The number of halogens is 1. The molecule has 0 fully saturated rings. The van der Waals surface area contributed by atoms with Crippen LogP contribution in [0, 0.1) is 5.82 Å². The topological polar surface area (TPSA) is 45.2 Å². The minimum Gasteiger partial charge on any atom is -0.360 e. The van der Waals surface area contributed by atoms with E-state index >= 15 is 0 Å². The minimum absolute atomic E-state index is 0.335. The van der Waals surface area contributed by atoms with Gasteiger partial charge in [0, 0.05) is 23.4 Å². The first kappa shape index (κ1) is 12.9. The maximum absolute atomic E-state index is 12.9. The number of fused-ring (bicyclic) bond motifs is 1. The van der Waals surface area contributed by atoms with Gasteiger partial charge in [0.1, 0.15) is 5.82 Å². The fraction of sp³-hybridized carbons (Fsp3) is 0.0667. The monoisotopic (exact) mass is 288 g/mol. The summed E-state index contributed by atoms with van der Waals surface area (Å²) in [5.41, 5.74) is 1.43. The number of aromatic nitrogens is 1. The van der Waals surface area contributed by atoms with Gasteiger partial charge in [-0.25, -0.2) is 8.60 Å². The van der Waals surface area contributed by atoms with E-state index in [1.165, 1.54) is 24.3 Å². The van der Waals surface area contributed by atoms with Crippen LogP contribution in [0.1, 0.15) is 0 Å². The molecular formula is C15H13FN2OS. The summed E-state index contributed by atoms with van der Waals surface area (Å²) in [5, 5.41) is 0.894. The summed E-state index contributed by atoms with van der Waals surface area (Å²) in [7, 11) is -2.59. The van der Waals surface area contributed by atoms with Crippen molar-refractivity contribution in [2.24, 2.45) is 4.36 Å².